The fourth-order valence-electron chi connectivity index (χ4n) is 2.89. The van der Waals surface area contributed by atoms with E-state index in [-0.39, 0.29) is 29.9 Å². The van der Waals surface area contributed by atoms with Crippen LogP contribution in [0.3, 0.4) is 0 Å². The van der Waals surface area contributed by atoms with Crippen LogP contribution in [0.1, 0.15) is 12.8 Å². The molecule has 27 heavy (non-hydrogen) atoms. The van der Waals surface area contributed by atoms with E-state index < -0.39 is 15.1 Å². The van der Waals surface area contributed by atoms with Gasteiger partial charge in [-0.25, -0.2) is 13.2 Å². The number of carbonyl (C=O) groups excluding carboxylic acids is 1. The maximum absolute atomic E-state index is 13.0. The summed E-state index contributed by atoms with van der Waals surface area (Å²) in [7, 11) is 0.334. The third kappa shape index (κ3) is 6.42. The van der Waals surface area contributed by atoms with Crippen molar-refractivity contribution in [2.75, 3.05) is 46.5 Å². The Morgan fingerprint density at radius 3 is 2.70 bits per heavy atom. The summed E-state index contributed by atoms with van der Waals surface area (Å²) in [6.07, 6.45) is 3.11. The van der Waals surface area contributed by atoms with Gasteiger partial charge in [0.2, 0.25) is 0 Å². The van der Waals surface area contributed by atoms with Gasteiger partial charge in [0.1, 0.15) is 0 Å². The van der Waals surface area contributed by atoms with Gasteiger partial charge in [0.05, 0.1) is 15.2 Å². The highest BCUT2D eigenvalue weighted by molar-refractivity contribution is 7.98. The van der Waals surface area contributed by atoms with Crippen LogP contribution in [0.25, 0.3) is 0 Å². The van der Waals surface area contributed by atoms with Gasteiger partial charge in [0.25, 0.3) is 0 Å². The minimum absolute atomic E-state index is 0. The first-order chi connectivity index (χ1) is 12.3. The molecule has 10 heteroatoms. The Bertz CT molecular complexity index is 745. The summed E-state index contributed by atoms with van der Waals surface area (Å²) >= 11 is 7.65. The molecule has 1 aromatic rings. The van der Waals surface area contributed by atoms with Crippen molar-refractivity contribution in [3.8, 4) is 0 Å². The fraction of sp³-hybridized carbons (Fsp3) is 0.588. The van der Waals surface area contributed by atoms with E-state index in [1.54, 1.807) is 17.0 Å². The fourth-order valence-corrected chi connectivity index (χ4v) is 5.60. The van der Waals surface area contributed by atoms with Crippen LogP contribution in [-0.4, -0.2) is 76.0 Å². The summed E-state index contributed by atoms with van der Waals surface area (Å²) < 4.78 is 26.0. The molecule has 1 aromatic carbocycles. The van der Waals surface area contributed by atoms with Gasteiger partial charge in [0, 0.05) is 31.1 Å². The van der Waals surface area contributed by atoms with Crippen LogP contribution in [-0.2, 0) is 9.84 Å². The first kappa shape index (κ1) is 24.4. The van der Waals surface area contributed by atoms with Gasteiger partial charge in [0.15, 0.2) is 9.84 Å². The maximum atomic E-state index is 13.0. The molecule has 2 rings (SSSR count). The lowest BCUT2D eigenvalue weighted by Crippen LogP contribution is -2.49. The Kier molecular flexibility index (Phi) is 9.71. The summed E-state index contributed by atoms with van der Waals surface area (Å²) in [6.45, 7) is 2.05. The summed E-state index contributed by atoms with van der Waals surface area (Å²) in [5.74, 6) is 0. The number of hydrogen-bond donors (Lipinski definition) is 1. The van der Waals surface area contributed by atoms with Crippen LogP contribution in [0.5, 0.6) is 0 Å². The molecule has 1 N–H and O–H groups in total. The molecular weight excluding hydrogens is 429 g/mol. The molecule has 1 heterocycles. The molecule has 0 bridgehead atoms. The molecule has 1 aliphatic heterocycles. The Balaban J connectivity index is 0.00000364. The molecule has 1 fully saturated rings. The lowest BCUT2D eigenvalue weighted by Gasteiger charge is -2.32. The van der Waals surface area contributed by atoms with Crippen LogP contribution in [0.15, 0.2) is 28.0 Å². The minimum atomic E-state index is -3.53. The second kappa shape index (κ2) is 10.8. The molecule has 2 amide bonds. The third-order valence-electron chi connectivity index (χ3n) is 4.39. The number of hydrogen-bond acceptors (Lipinski definition) is 5. The number of likely N-dealkylation sites (tertiary alicyclic amines) is 1. The molecule has 0 spiro atoms. The number of piperidine rings is 1. The van der Waals surface area contributed by atoms with E-state index in [0.717, 1.165) is 11.4 Å². The Morgan fingerprint density at radius 2 is 2.11 bits per heavy atom. The normalized spacial score (nSPS) is 17.5. The number of rotatable bonds is 6. The van der Waals surface area contributed by atoms with Crippen molar-refractivity contribution in [3.63, 3.8) is 0 Å². The predicted molar refractivity (Wildman–Crippen MR) is 114 cm³/mol. The SMILES string of the molecule is CSc1ccc(S(=O)(=O)C2CCCN(C(=O)NCCN(C)C)C2)cc1Cl.Cl. The van der Waals surface area contributed by atoms with E-state index in [9.17, 15) is 13.2 Å². The molecule has 1 atom stereocenters. The van der Waals surface area contributed by atoms with Crippen LogP contribution in [0.2, 0.25) is 5.02 Å². The first-order valence-corrected chi connectivity index (χ1v) is 11.7. The maximum Gasteiger partial charge on any atom is 0.317 e. The number of nitrogens with zero attached hydrogens (tertiary/aromatic N) is 2. The molecule has 0 aromatic heterocycles. The quantitative estimate of drug-likeness (QED) is 0.667. The van der Waals surface area contributed by atoms with Gasteiger partial charge in [-0.1, -0.05) is 11.6 Å². The number of urea groups is 1. The van der Waals surface area contributed by atoms with E-state index in [4.69, 9.17) is 11.6 Å². The Morgan fingerprint density at radius 1 is 1.41 bits per heavy atom. The first-order valence-electron chi connectivity index (χ1n) is 8.50. The van der Waals surface area contributed by atoms with Gasteiger partial charge in [-0.3, -0.25) is 0 Å². The highest BCUT2D eigenvalue weighted by Gasteiger charge is 2.34. The average molecular weight is 456 g/mol. The molecule has 6 nitrogen and oxygen atoms in total. The van der Waals surface area contributed by atoms with Gasteiger partial charge >= 0.3 is 6.03 Å². The van der Waals surface area contributed by atoms with Gasteiger partial charge in [-0.2, -0.15) is 0 Å². The van der Waals surface area contributed by atoms with Gasteiger partial charge < -0.3 is 15.1 Å². The smallest absolute Gasteiger partial charge is 0.317 e. The van der Waals surface area contributed by atoms with Crippen molar-refractivity contribution in [3.05, 3.63) is 23.2 Å². The van der Waals surface area contributed by atoms with Crippen molar-refractivity contribution in [1.82, 2.24) is 15.1 Å². The second-order valence-electron chi connectivity index (χ2n) is 6.59. The Hall–Kier alpha value is -0.670. The van der Waals surface area contributed by atoms with Crippen LogP contribution in [0, 0.1) is 0 Å². The van der Waals surface area contributed by atoms with Crippen molar-refractivity contribution < 1.29 is 13.2 Å². The lowest BCUT2D eigenvalue weighted by atomic mass is 10.1. The monoisotopic (exact) mass is 455 g/mol. The molecule has 0 aliphatic carbocycles. The molecule has 154 valence electrons. The molecule has 1 saturated heterocycles. The third-order valence-corrected chi connectivity index (χ3v) is 7.79. The van der Waals surface area contributed by atoms with Gasteiger partial charge in [-0.05, 0) is 51.4 Å². The van der Waals surface area contributed by atoms with Crippen molar-refractivity contribution in [2.24, 2.45) is 0 Å². The minimum Gasteiger partial charge on any atom is -0.337 e. The van der Waals surface area contributed by atoms with E-state index in [1.807, 2.05) is 25.3 Å². The zero-order valence-electron chi connectivity index (χ0n) is 15.8. The van der Waals surface area contributed by atoms with E-state index in [0.29, 0.717) is 31.0 Å². The van der Waals surface area contributed by atoms with Gasteiger partial charge in [-0.15, -0.1) is 24.2 Å². The van der Waals surface area contributed by atoms with Crippen molar-refractivity contribution in [2.45, 2.75) is 27.9 Å². The molecular formula is C17H27Cl2N3O3S2. The van der Waals surface area contributed by atoms with Crippen molar-refractivity contribution in [1.29, 1.82) is 0 Å². The summed E-state index contributed by atoms with van der Waals surface area (Å²) in [4.78, 5) is 16.9. The Labute approximate surface area is 177 Å². The number of sulfone groups is 1. The number of halogens is 2. The lowest BCUT2D eigenvalue weighted by molar-refractivity contribution is 0.186. The van der Waals surface area contributed by atoms with Crippen LogP contribution < -0.4 is 5.32 Å². The average Bonchev–Trinajstić information content (AvgIpc) is 2.61. The molecule has 0 radical (unpaired) electrons. The summed E-state index contributed by atoms with van der Waals surface area (Å²) in [5, 5.41) is 2.68. The topological polar surface area (TPSA) is 69.7 Å². The highest BCUT2D eigenvalue weighted by Crippen LogP contribution is 2.30. The zero-order valence-corrected chi connectivity index (χ0v) is 19.0. The number of thioether (sulfide) groups is 1. The van der Waals surface area contributed by atoms with E-state index in [1.165, 1.54) is 17.8 Å². The van der Waals surface area contributed by atoms with Crippen LogP contribution in [0.4, 0.5) is 4.79 Å². The van der Waals surface area contributed by atoms with E-state index >= 15 is 0 Å². The number of carbonyl (C=O) groups is 1. The number of amides is 2. The molecule has 0 saturated carbocycles. The summed E-state index contributed by atoms with van der Waals surface area (Å²) in [6, 6.07) is 4.64. The summed E-state index contributed by atoms with van der Waals surface area (Å²) in [5.41, 5.74) is 0. The number of likely N-dealkylation sites (N-methyl/N-ethyl adjacent to an activating group) is 1. The number of benzene rings is 1. The van der Waals surface area contributed by atoms with E-state index in [2.05, 4.69) is 5.32 Å². The van der Waals surface area contributed by atoms with Crippen molar-refractivity contribution >= 4 is 51.6 Å². The largest absolute Gasteiger partial charge is 0.337 e. The number of nitrogens with one attached hydrogen (secondary N) is 1. The highest BCUT2D eigenvalue weighted by atomic mass is 35.5. The molecule has 1 unspecified atom stereocenters. The molecule has 1 aliphatic rings. The standard InChI is InChI=1S/C17H26ClN3O3S2.ClH/c1-20(2)10-8-19-17(22)21-9-4-5-14(12-21)26(23,24)13-6-7-16(25-3)15(18)11-13;/h6-7,11,14H,4-5,8-10,12H2,1-3H3,(H,19,22);1H. The second-order valence-corrected chi connectivity index (χ2v) is 10.1. The predicted octanol–water partition coefficient (Wildman–Crippen LogP) is 2.99. The zero-order chi connectivity index (χ0) is 19.3. The van der Waals surface area contributed by atoms with Crippen LogP contribution >= 0.6 is 35.8 Å².